The molecule has 0 saturated carbocycles. The van der Waals surface area contributed by atoms with Gasteiger partial charge in [0.2, 0.25) is 0 Å². The number of likely N-dealkylation sites (N-methyl/N-ethyl adjacent to an activating group) is 1. The van der Waals surface area contributed by atoms with Crippen molar-refractivity contribution in [1.82, 2.24) is 9.88 Å². The molecule has 1 aromatic heterocycles. The van der Waals surface area contributed by atoms with E-state index in [-0.39, 0.29) is 5.78 Å². The van der Waals surface area contributed by atoms with E-state index in [4.69, 9.17) is 6.42 Å². The Morgan fingerprint density at radius 3 is 3.07 bits per heavy atom. The fourth-order valence-electron chi connectivity index (χ4n) is 1.08. The number of carbonyl (C=O) groups is 1. The Kier molecular flexibility index (Phi) is 3.84. The van der Waals surface area contributed by atoms with Crippen molar-refractivity contribution >= 4 is 5.78 Å². The third kappa shape index (κ3) is 3.00. The van der Waals surface area contributed by atoms with Gasteiger partial charge >= 0.3 is 0 Å². The normalized spacial score (nSPS) is 9.79. The lowest BCUT2D eigenvalue weighted by atomic mass is 10.2. The molecule has 0 N–H and O–H groups in total. The van der Waals surface area contributed by atoms with Gasteiger partial charge in [0, 0.05) is 18.0 Å². The summed E-state index contributed by atoms with van der Waals surface area (Å²) < 4.78 is 0. The smallest absolute Gasteiger partial charge is 0.178 e. The lowest BCUT2D eigenvalue weighted by Crippen LogP contribution is -2.26. The molecule has 0 aliphatic heterocycles. The van der Waals surface area contributed by atoms with E-state index in [0.29, 0.717) is 18.7 Å². The molecule has 0 spiro atoms. The molecular weight excluding hydrogens is 176 g/mol. The molecule has 0 fully saturated rings. The highest BCUT2D eigenvalue weighted by molar-refractivity contribution is 5.97. The molecule has 0 saturated heterocycles. The quantitative estimate of drug-likeness (QED) is 0.518. The number of ketones is 1. The highest BCUT2D eigenvalue weighted by Gasteiger charge is 2.07. The van der Waals surface area contributed by atoms with Crippen LogP contribution in [-0.2, 0) is 0 Å². The average molecular weight is 188 g/mol. The predicted molar refractivity (Wildman–Crippen MR) is 54.9 cm³/mol. The first-order valence-corrected chi connectivity index (χ1v) is 4.29. The molecule has 0 aliphatic carbocycles. The van der Waals surface area contributed by atoms with Crippen molar-refractivity contribution in [3.63, 3.8) is 0 Å². The second-order valence-electron chi connectivity index (χ2n) is 3.04. The van der Waals surface area contributed by atoms with E-state index < -0.39 is 0 Å². The highest BCUT2D eigenvalue weighted by Crippen LogP contribution is 1.98. The van der Waals surface area contributed by atoms with Gasteiger partial charge in [0.25, 0.3) is 0 Å². The van der Waals surface area contributed by atoms with Gasteiger partial charge in [0.15, 0.2) is 5.78 Å². The number of Topliss-reactive ketones (excluding diaryl/α,β-unsaturated/α-hetero) is 1. The van der Waals surface area contributed by atoms with Crippen LogP contribution in [0.25, 0.3) is 0 Å². The van der Waals surface area contributed by atoms with Crippen LogP contribution in [0.3, 0.4) is 0 Å². The molecule has 72 valence electrons. The standard InChI is InChI=1S/C11H12N2O/c1-3-7-13(2)9-11(14)10-5-4-6-12-8-10/h1,4-6,8H,7,9H2,2H3. The number of pyridine rings is 1. The monoisotopic (exact) mass is 188 g/mol. The molecule has 0 atom stereocenters. The van der Waals surface area contributed by atoms with Gasteiger partial charge in [-0.15, -0.1) is 6.42 Å². The molecule has 1 heterocycles. The van der Waals surface area contributed by atoms with Gasteiger partial charge in [-0.3, -0.25) is 14.7 Å². The van der Waals surface area contributed by atoms with Crippen LogP contribution >= 0.6 is 0 Å². The van der Waals surface area contributed by atoms with Crippen molar-refractivity contribution in [2.24, 2.45) is 0 Å². The molecule has 14 heavy (non-hydrogen) atoms. The lowest BCUT2D eigenvalue weighted by Gasteiger charge is -2.11. The Balaban J connectivity index is 2.56. The van der Waals surface area contributed by atoms with E-state index >= 15 is 0 Å². The summed E-state index contributed by atoms with van der Waals surface area (Å²) in [5.41, 5.74) is 0.622. The number of hydrogen-bond acceptors (Lipinski definition) is 3. The lowest BCUT2D eigenvalue weighted by molar-refractivity contribution is 0.0952. The van der Waals surface area contributed by atoms with Gasteiger partial charge in [-0.1, -0.05) is 5.92 Å². The van der Waals surface area contributed by atoms with Crippen molar-refractivity contribution < 1.29 is 4.79 Å². The molecule has 0 unspecified atom stereocenters. The second-order valence-corrected chi connectivity index (χ2v) is 3.04. The van der Waals surface area contributed by atoms with Gasteiger partial charge in [-0.25, -0.2) is 0 Å². The molecule has 0 aromatic carbocycles. The highest BCUT2D eigenvalue weighted by atomic mass is 16.1. The van der Waals surface area contributed by atoms with E-state index in [1.807, 2.05) is 7.05 Å². The third-order valence-corrected chi connectivity index (χ3v) is 1.76. The number of carbonyl (C=O) groups excluding carboxylic acids is 1. The fourth-order valence-corrected chi connectivity index (χ4v) is 1.08. The van der Waals surface area contributed by atoms with Gasteiger partial charge in [-0.05, 0) is 19.2 Å². The summed E-state index contributed by atoms with van der Waals surface area (Å²) in [6.07, 6.45) is 8.33. The van der Waals surface area contributed by atoms with Crippen LogP contribution in [0.1, 0.15) is 10.4 Å². The number of nitrogens with zero attached hydrogens (tertiary/aromatic N) is 2. The Labute approximate surface area is 83.8 Å². The van der Waals surface area contributed by atoms with Crippen molar-refractivity contribution in [2.45, 2.75) is 0 Å². The summed E-state index contributed by atoms with van der Waals surface area (Å²) in [4.78, 5) is 17.2. The molecule has 1 rings (SSSR count). The zero-order valence-electron chi connectivity index (χ0n) is 8.10. The summed E-state index contributed by atoms with van der Waals surface area (Å²) >= 11 is 0. The maximum atomic E-state index is 11.6. The average Bonchev–Trinajstić information content (AvgIpc) is 2.19. The SMILES string of the molecule is C#CCN(C)CC(=O)c1cccnc1. The summed E-state index contributed by atoms with van der Waals surface area (Å²) in [6.45, 7) is 0.807. The molecule has 0 amide bonds. The van der Waals surface area contributed by atoms with Crippen LogP contribution in [0.15, 0.2) is 24.5 Å². The van der Waals surface area contributed by atoms with Crippen molar-refractivity contribution in [3.05, 3.63) is 30.1 Å². The maximum Gasteiger partial charge on any atom is 0.178 e. The minimum Gasteiger partial charge on any atom is -0.293 e. The Morgan fingerprint density at radius 1 is 1.71 bits per heavy atom. The van der Waals surface area contributed by atoms with Crippen molar-refractivity contribution in [3.8, 4) is 12.3 Å². The Bertz CT molecular complexity index is 340. The number of aromatic nitrogens is 1. The van der Waals surface area contributed by atoms with E-state index in [2.05, 4.69) is 10.9 Å². The van der Waals surface area contributed by atoms with Crippen LogP contribution in [-0.4, -0.2) is 35.8 Å². The Morgan fingerprint density at radius 2 is 2.50 bits per heavy atom. The number of terminal acetylenes is 1. The van der Waals surface area contributed by atoms with E-state index in [1.54, 1.807) is 29.4 Å². The number of rotatable bonds is 4. The van der Waals surface area contributed by atoms with Crippen molar-refractivity contribution in [2.75, 3.05) is 20.1 Å². The van der Waals surface area contributed by atoms with Crippen LogP contribution in [0, 0.1) is 12.3 Å². The minimum absolute atomic E-state index is 0.0378. The summed E-state index contributed by atoms with van der Waals surface area (Å²) in [7, 11) is 1.81. The summed E-state index contributed by atoms with van der Waals surface area (Å²) in [5, 5.41) is 0. The summed E-state index contributed by atoms with van der Waals surface area (Å²) in [6, 6.07) is 3.49. The zero-order valence-corrected chi connectivity index (χ0v) is 8.10. The zero-order chi connectivity index (χ0) is 10.4. The topological polar surface area (TPSA) is 33.2 Å². The van der Waals surface area contributed by atoms with Crippen LogP contribution in [0.2, 0.25) is 0 Å². The summed E-state index contributed by atoms with van der Waals surface area (Å²) in [5.74, 6) is 2.52. The molecule has 3 nitrogen and oxygen atoms in total. The Hall–Kier alpha value is -1.66. The number of hydrogen-bond donors (Lipinski definition) is 0. The van der Waals surface area contributed by atoms with Gasteiger partial charge in [0.05, 0.1) is 13.1 Å². The first-order chi connectivity index (χ1) is 6.74. The molecule has 0 aliphatic rings. The van der Waals surface area contributed by atoms with E-state index in [9.17, 15) is 4.79 Å². The predicted octanol–water partition coefficient (Wildman–Crippen LogP) is 0.829. The fraction of sp³-hybridized carbons (Fsp3) is 0.273. The van der Waals surface area contributed by atoms with Gasteiger partial charge in [0.1, 0.15) is 0 Å². The van der Waals surface area contributed by atoms with Crippen LogP contribution < -0.4 is 0 Å². The third-order valence-electron chi connectivity index (χ3n) is 1.76. The second kappa shape index (κ2) is 5.15. The van der Waals surface area contributed by atoms with Crippen LogP contribution in [0.5, 0.6) is 0 Å². The van der Waals surface area contributed by atoms with Crippen LogP contribution in [0.4, 0.5) is 0 Å². The van der Waals surface area contributed by atoms with Crippen molar-refractivity contribution in [1.29, 1.82) is 0 Å². The molecule has 1 aromatic rings. The molecule has 0 radical (unpaired) electrons. The molecule has 3 heteroatoms. The molecule has 0 bridgehead atoms. The first kappa shape index (κ1) is 10.4. The maximum absolute atomic E-state index is 11.6. The van der Waals surface area contributed by atoms with E-state index in [0.717, 1.165) is 0 Å². The largest absolute Gasteiger partial charge is 0.293 e. The minimum atomic E-state index is 0.0378. The molecular formula is C11H12N2O. The van der Waals surface area contributed by atoms with Gasteiger partial charge in [-0.2, -0.15) is 0 Å². The first-order valence-electron chi connectivity index (χ1n) is 4.29. The van der Waals surface area contributed by atoms with E-state index in [1.165, 1.54) is 0 Å². The van der Waals surface area contributed by atoms with Gasteiger partial charge < -0.3 is 0 Å².